The van der Waals surface area contributed by atoms with E-state index >= 15 is 0 Å². The maximum Gasteiger partial charge on any atom is 0.324 e. The van der Waals surface area contributed by atoms with E-state index in [9.17, 15) is 24.5 Å². The summed E-state index contributed by atoms with van der Waals surface area (Å²) in [6.45, 7) is -0.0291. The number of fused-ring (bicyclic) bond motifs is 1. The van der Waals surface area contributed by atoms with E-state index in [-0.39, 0.29) is 31.7 Å². The summed E-state index contributed by atoms with van der Waals surface area (Å²) in [6, 6.07) is 25.2. The SMILES string of the molecule is O=C(OCc1ccccc1)C1(C(=O)OCc2ccccc2)Cc2cc(=O)n(-c3ccc([N+](=O)[O-])cc3)cc2C1. The van der Waals surface area contributed by atoms with Crippen molar-refractivity contribution in [2.75, 3.05) is 0 Å². The highest BCUT2D eigenvalue weighted by Crippen LogP contribution is 2.39. The van der Waals surface area contributed by atoms with Crippen molar-refractivity contribution < 1.29 is 24.0 Å². The third-order valence-electron chi connectivity index (χ3n) is 6.76. The number of nitro groups is 1. The second-order valence-electron chi connectivity index (χ2n) is 9.36. The summed E-state index contributed by atoms with van der Waals surface area (Å²) in [4.78, 5) is 50.5. The van der Waals surface area contributed by atoms with Crippen LogP contribution in [0.15, 0.2) is 102 Å². The summed E-state index contributed by atoms with van der Waals surface area (Å²) in [6.07, 6.45) is 1.51. The number of esters is 2. The standard InChI is InChI=1S/C30H24N2O7/c33-27-15-23-16-30(28(34)38-19-21-7-3-1-4-8-21,29(35)39-20-22-9-5-2-6-10-22)17-24(23)18-31(27)25-11-13-26(14-12-25)32(36)37/h1-15,18H,16-17,19-20H2. The summed E-state index contributed by atoms with van der Waals surface area (Å²) in [7, 11) is 0. The van der Waals surface area contributed by atoms with Crippen molar-refractivity contribution in [2.24, 2.45) is 5.41 Å². The Balaban J connectivity index is 1.44. The molecule has 0 atom stereocenters. The molecule has 3 aromatic carbocycles. The van der Waals surface area contributed by atoms with E-state index in [2.05, 4.69) is 0 Å². The molecular formula is C30H24N2O7. The van der Waals surface area contributed by atoms with Gasteiger partial charge in [-0.05, 0) is 34.4 Å². The molecule has 0 bridgehead atoms. The Morgan fingerprint density at radius 2 is 1.31 bits per heavy atom. The summed E-state index contributed by atoms with van der Waals surface area (Å²) in [5.41, 5.74) is 0.964. The minimum Gasteiger partial charge on any atom is -0.460 e. The first-order valence-electron chi connectivity index (χ1n) is 12.3. The first-order valence-corrected chi connectivity index (χ1v) is 12.3. The number of nitro benzene ring substituents is 1. The van der Waals surface area contributed by atoms with Gasteiger partial charge in [0.05, 0.1) is 4.92 Å². The molecule has 0 spiro atoms. The third kappa shape index (κ3) is 5.33. The van der Waals surface area contributed by atoms with E-state index in [1.165, 1.54) is 34.9 Å². The predicted octanol–water partition coefficient (Wildman–Crippen LogP) is 4.32. The number of aromatic nitrogens is 1. The number of hydrogen-bond donors (Lipinski definition) is 0. The third-order valence-corrected chi connectivity index (χ3v) is 6.76. The number of ether oxygens (including phenoxy) is 2. The smallest absolute Gasteiger partial charge is 0.324 e. The van der Waals surface area contributed by atoms with Gasteiger partial charge in [0, 0.05) is 42.9 Å². The molecule has 0 N–H and O–H groups in total. The second-order valence-corrected chi connectivity index (χ2v) is 9.36. The highest BCUT2D eigenvalue weighted by atomic mass is 16.6. The van der Waals surface area contributed by atoms with Crippen LogP contribution in [0.1, 0.15) is 22.3 Å². The Morgan fingerprint density at radius 3 is 1.82 bits per heavy atom. The van der Waals surface area contributed by atoms with Crippen LogP contribution in [0.4, 0.5) is 5.69 Å². The van der Waals surface area contributed by atoms with Crippen molar-refractivity contribution in [3.05, 3.63) is 140 Å². The summed E-state index contributed by atoms with van der Waals surface area (Å²) >= 11 is 0. The largest absolute Gasteiger partial charge is 0.460 e. The fraction of sp³-hybridized carbons (Fsp3) is 0.167. The van der Waals surface area contributed by atoms with Crippen molar-refractivity contribution >= 4 is 17.6 Å². The topological polar surface area (TPSA) is 118 Å². The van der Waals surface area contributed by atoms with E-state index in [1.807, 2.05) is 60.7 Å². The zero-order valence-electron chi connectivity index (χ0n) is 20.8. The Bertz CT molecular complexity index is 1520. The molecule has 1 aliphatic rings. The molecule has 39 heavy (non-hydrogen) atoms. The Kier molecular flexibility index (Phi) is 7.05. The van der Waals surface area contributed by atoms with Gasteiger partial charge in [-0.2, -0.15) is 0 Å². The van der Waals surface area contributed by atoms with Crippen LogP contribution in [0.25, 0.3) is 5.69 Å². The number of hydrogen-bond acceptors (Lipinski definition) is 7. The van der Waals surface area contributed by atoms with Crippen LogP contribution in [-0.4, -0.2) is 21.4 Å². The molecule has 0 fully saturated rings. The number of benzene rings is 3. The molecule has 5 rings (SSSR count). The lowest BCUT2D eigenvalue weighted by Gasteiger charge is -2.24. The monoisotopic (exact) mass is 524 g/mol. The van der Waals surface area contributed by atoms with Gasteiger partial charge in [0.1, 0.15) is 13.2 Å². The van der Waals surface area contributed by atoms with E-state index in [4.69, 9.17) is 9.47 Å². The van der Waals surface area contributed by atoms with Crippen molar-refractivity contribution in [1.82, 2.24) is 4.57 Å². The van der Waals surface area contributed by atoms with Crippen LogP contribution in [0.5, 0.6) is 0 Å². The Labute approximate surface area is 223 Å². The fourth-order valence-corrected chi connectivity index (χ4v) is 4.68. The highest BCUT2D eigenvalue weighted by molar-refractivity contribution is 6.01. The molecule has 9 nitrogen and oxygen atoms in total. The lowest BCUT2D eigenvalue weighted by Crippen LogP contribution is -2.42. The molecule has 1 aliphatic carbocycles. The van der Waals surface area contributed by atoms with Gasteiger partial charge in [-0.3, -0.25) is 29.1 Å². The summed E-state index contributed by atoms with van der Waals surface area (Å²) in [5.74, 6) is -1.45. The maximum atomic E-state index is 13.5. The lowest BCUT2D eigenvalue weighted by molar-refractivity contribution is -0.384. The van der Waals surface area contributed by atoms with Gasteiger partial charge in [-0.25, -0.2) is 0 Å². The molecule has 4 aromatic rings. The van der Waals surface area contributed by atoms with Crippen molar-refractivity contribution in [3.8, 4) is 5.69 Å². The first kappa shape index (κ1) is 25.6. The Morgan fingerprint density at radius 1 is 0.795 bits per heavy atom. The van der Waals surface area contributed by atoms with Crippen LogP contribution in [0.2, 0.25) is 0 Å². The number of carbonyl (C=O) groups is 2. The maximum absolute atomic E-state index is 13.5. The minimum absolute atomic E-state index is 0.0145. The number of rotatable bonds is 8. The molecule has 1 heterocycles. The second kappa shape index (κ2) is 10.7. The van der Waals surface area contributed by atoms with E-state index in [0.29, 0.717) is 16.8 Å². The number of pyridine rings is 1. The molecule has 0 aliphatic heterocycles. The van der Waals surface area contributed by atoms with E-state index < -0.39 is 27.8 Å². The van der Waals surface area contributed by atoms with Crippen LogP contribution in [-0.2, 0) is 45.1 Å². The molecule has 0 saturated carbocycles. The summed E-state index contributed by atoms with van der Waals surface area (Å²) < 4.78 is 12.6. The molecule has 0 radical (unpaired) electrons. The number of nitrogens with zero attached hydrogens (tertiary/aromatic N) is 2. The van der Waals surface area contributed by atoms with Crippen LogP contribution >= 0.6 is 0 Å². The zero-order chi connectivity index (χ0) is 27.4. The van der Waals surface area contributed by atoms with Gasteiger partial charge < -0.3 is 9.47 Å². The molecular weight excluding hydrogens is 500 g/mol. The Hall–Kier alpha value is -5.05. The van der Waals surface area contributed by atoms with Gasteiger partial charge in [-0.1, -0.05) is 60.7 Å². The zero-order valence-corrected chi connectivity index (χ0v) is 20.8. The molecule has 1 aromatic heterocycles. The van der Waals surface area contributed by atoms with Gasteiger partial charge in [0.25, 0.3) is 11.2 Å². The van der Waals surface area contributed by atoms with Crippen LogP contribution < -0.4 is 5.56 Å². The summed E-state index contributed by atoms with van der Waals surface area (Å²) in [5, 5.41) is 11.0. The molecule has 0 amide bonds. The lowest BCUT2D eigenvalue weighted by atomic mass is 9.84. The molecule has 196 valence electrons. The number of non-ortho nitro benzene ring substituents is 1. The molecule has 0 unspecified atom stereocenters. The minimum atomic E-state index is -1.66. The number of carbonyl (C=O) groups excluding carboxylic acids is 2. The van der Waals surface area contributed by atoms with Crippen LogP contribution in [0.3, 0.4) is 0 Å². The fourth-order valence-electron chi connectivity index (χ4n) is 4.68. The quantitative estimate of drug-likeness (QED) is 0.146. The predicted molar refractivity (Wildman–Crippen MR) is 141 cm³/mol. The van der Waals surface area contributed by atoms with Crippen LogP contribution in [0, 0.1) is 15.5 Å². The van der Waals surface area contributed by atoms with E-state index in [1.54, 1.807) is 6.20 Å². The van der Waals surface area contributed by atoms with Gasteiger partial charge in [0.15, 0.2) is 5.41 Å². The van der Waals surface area contributed by atoms with Gasteiger partial charge in [0.2, 0.25) is 0 Å². The van der Waals surface area contributed by atoms with E-state index in [0.717, 1.165) is 11.1 Å². The average molecular weight is 525 g/mol. The van der Waals surface area contributed by atoms with Gasteiger partial charge >= 0.3 is 11.9 Å². The van der Waals surface area contributed by atoms with Crippen molar-refractivity contribution in [1.29, 1.82) is 0 Å². The average Bonchev–Trinajstić information content (AvgIpc) is 3.35. The molecule has 0 saturated heterocycles. The first-order chi connectivity index (χ1) is 18.9. The highest BCUT2D eigenvalue weighted by Gasteiger charge is 2.53. The normalized spacial score (nSPS) is 13.3. The molecule has 9 heteroatoms. The van der Waals surface area contributed by atoms with Gasteiger partial charge in [-0.15, -0.1) is 0 Å². The van der Waals surface area contributed by atoms with Crippen molar-refractivity contribution in [2.45, 2.75) is 26.1 Å². The van der Waals surface area contributed by atoms with Crippen molar-refractivity contribution in [3.63, 3.8) is 0 Å².